The predicted octanol–water partition coefficient (Wildman–Crippen LogP) is 4.69. The number of anilines is 2. The molecular formula is C32H39N7O4. The summed E-state index contributed by atoms with van der Waals surface area (Å²) >= 11 is 0. The number of ether oxygens (including phenoxy) is 2. The Morgan fingerprint density at radius 2 is 2.07 bits per heavy atom. The van der Waals surface area contributed by atoms with Gasteiger partial charge in [0.25, 0.3) is 0 Å². The van der Waals surface area contributed by atoms with Crippen LogP contribution in [0.1, 0.15) is 61.8 Å². The van der Waals surface area contributed by atoms with Gasteiger partial charge in [-0.05, 0) is 49.4 Å². The summed E-state index contributed by atoms with van der Waals surface area (Å²) in [4.78, 5) is 28.8. The van der Waals surface area contributed by atoms with Gasteiger partial charge in [-0.25, -0.2) is 15.0 Å². The highest BCUT2D eigenvalue weighted by atomic mass is 16.5. The number of piperidine rings is 1. The van der Waals surface area contributed by atoms with Crippen LogP contribution in [0.15, 0.2) is 61.1 Å². The number of fused-ring (bicyclic) bond motifs is 1. The minimum Gasteiger partial charge on any atom is -0.496 e. The Bertz CT molecular complexity index is 1600. The summed E-state index contributed by atoms with van der Waals surface area (Å²) in [6.45, 7) is 3.12. The maximum atomic E-state index is 13.2. The van der Waals surface area contributed by atoms with Gasteiger partial charge in [-0.15, -0.1) is 0 Å². The van der Waals surface area contributed by atoms with Gasteiger partial charge in [0.05, 0.1) is 19.8 Å². The standard InChI is InChI=1S/C32H39N7O4/c1-4-8-21-13-14-34-26(19-21)36-32(41)23-12-11-22(20-25(23)43-3)28-29-30(33)35-15-17-39(29)31(37-28)24-9-5-6-16-38(24)27(40)10-7-18-42-2/h7,10-15,17,19-20,24,32,41H,4-6,8-9,16,18H2,1-3H3,(H2,33,35)(H,34,36)/b10-7+/t24-,32?/m0/s1. The first-order valence-corrected chi connectivity index (χ1v) is 14.6. The number of amides is 1. The number of nitrogen functional groups attached to an aromatic ring is 1. The number of pyridine rings is 1. The number of methoxy groups -OCH3 is 2. The third-order valence-corrected chi connectivity index (χ3v) is 7.67. The molecule has 0 spiro atoms. The van der Waals surface area contributed by atoms with Crippen LogP contribution in [0.2, 0.25) is 0 Å². The highest BCUT2D eigenvalue weighted by Crippen LogP contribution is 2.38. The molecule has 0 bridgehead atoms. The van der Waals surface area contributed by atoms with Gasteiger partial charge in [0.2, 0.25) is 5.91 Å². The summed E-state index contributed by atoms with van der Waals surface area (Å²) in [5, 5.41) is 14.2. The molecule has 43 heavy (non-hydrogen) atoms. The number of aliphatic hydroxyl groups is 1. The van der Waals surface area contributed by atoms with E-state index in [0.717, 1.165) is 49.1 Å². The molecule has 4 N–H and O–H groups in total. The monoisotopic (exact) mass is 585 g/mol. The average molecular weight is 586 g/mol. The van der Waals surface area contributed by atoms with Crippen molar-refractivity contribution in [3.63, 3.8) is 0 Å². The SMILES string of the molecule is CCCc1ccnc(NC(O)c2ccc(-c3nc([C@@H]4CCCCN4C(=O)/C=C/COC)n4ccnc(N)c34)cc2OC)c1. The van der Waals surface area contributed by atoms with Gasteiger partial charge in [0.15, 0.2) is 6.23 Å². The lowest BCUT2D eigenvalue weighted by molar-refractivity contribution is -0.130. The zero-order chi connectivity index (χ0) is 30.3. The van der Waals surface area contributed by atoms with Crippen LogP contribution in [0.4, 0.5) is 11.6 Å². The van der Waals surface area contributed by atoms with Gasteiger partial charge in [-0.3, -0.25) is 9.20 Å². The second-order valence-electron chi connectivity index (χ2n) is 10.6. The summed E-state index contributed by atoms with van der Waals surface area (Å²) in [7, 11) is 3.15. The third-order valence-electron chi connectivity index (χ3n) is 7.67. The fourth-order valence-electron chi connectivity index (χ4n) is 5.63. The van der Waals surface area contributed by atoms with Crippen LogP contribution in [-0.4, -0.2) is 62.6 Å². The Kier molecular flexibility index (Phi) is 9.53. The number of hydrogen-bond acceptors (Lipinski definition) is 9. The van der Waals surface area contributed by atoms with E-state index in [1.807, 2.05) is 39.8 Å². The number of nitrogens with one attached hydrogen (secondary N) is 1. The normalized spacial score (nSPS) is 16.1. The van der Waals surface area contributed by atoms with Gasteiger partial charge >= 0.3 is 0 Å². The first kappa shape index (κ1) is 30.0. The molecule has 226 valence electrons. The molecule has 1 fully saturated rings. The number of nitrogens with zero attached hydrogens (tertiary/aromatic N) is 5. The molecule has 11 heteroatoms. The van der Waals surface area contributed by atoms with Crippen molar-refractivity contribution in [1.82, 2.24) is 24.3 Å². The summed E-state index contributed by atoms with van der Waals surface area (Å²) in [5.41, 5.74) is 10.1. The second kappa shape index (κ2) is 13.7. The molecule has 1 aromatic carbocycles. The number of nitrogens with two attached hydrogens (primary N) is 1. The van der Waals surface area contributed by atoms with Crippen LogP contribution in [0.25, 0.3) is 16.8 Å². The van der Waals surface area contributed by atoms with Crippen molar-refractivity contribution in [3.05, 3.63) is 78.0 Å². The lowest BCUT2D eigenvalue weighted by atomic mass is 10.0. The highest BCUT2D eigenvalue weighted by molar-refractivity contribution is 5.89. The number of carbonyl (C=O) groups excluding carboxylic acids is 1. The van der Waals surface area contributed by atoms with Gasteiger partial charge in [0.1, 0.15) is 34.4 Å². The molecule has 5 rings (SSSR count). The fraction of sp³-hybridized carbons (Fsp3) is 0.375. The molecule has 4 heterocycles. The predicted molar refractivity (Wildman–Crippen MR) is 166 cm³/mol. The van der Waals surface area contributed by atoms with Gasteiger partial charge in [0, 0.05) is 49.4 Å². The first-order chi connectivity index (χ1) is 20.9. The van der Waals surface area contributed by atoms with E-state index >= 15 is 0 Å². The van der Waals surface area contributed by atoms with Crippen molar-refractivity contribution in [2.45, 2.75) is 51.3 Å². The number of aryl methyl sites for hydroxylation is 1. The topological polar surface area (TPSA) is 140 Å². The smallest absolute Gasteiger partial charge is 0.246 e. The molecule has 3 aromatic heterocycles. The fourth-order valence-corrected chi connectivity index (χ4v) is 5.63. The van der Waals surface area contributed by atoms with Gasteiger partial charge in [-0.2, -0.15) is 0 Å². The van der Waals surface area contributed by atoms with E-state index < -0.39 is 6.23 Å². The minimum atomic E-state index is -1.05. The molecule has 0 aliphatic carbocycles. The minimum absolute atomic E-state index is 0.0793. The number of carbonyl (C=O) groups is 1. The van der Waals surface area contributed by atoms with E-state index in [4.69, 9.17) is 20.2 Å². The van der Waals surface area contributed by atoms with E-state index in [1.165, 1.54) is 0 Å². The maximum Gasteiger partial charge on any atom is 0.246 e. The number of hydrogen-bond donors (Lipinski definition) is 3. The zero-order valence-electron chi connectivity index (χ0n) is 24.9. The van der Waals surface area contributed by atoms with Crippen molar-refractivity contribution in [1.29, 1.82) is 0 Å². The molecule has 1 unspecified atom stereocenters. The van der Waals surface area contributed by atoms with E-state index in [9.17, 15) is 9.90 Å². The molecule has 4 aromatic rings. The lowest BCUT2D eigenvalue weighted by Gasteiger charge is -2.34. The van der Waals surface area contributed by atoms with Crippen molar-refractivity contribution < 1.29 is 19.4 Å². The highest BCUT2D eigenvalue weighted by Gasteiger charge is 2.32. The summed E-state index contributed by atoms with van der Waals surface area (Å²) in [6.07, 6.45) is 12.1. The van der Waals surface area contributed by atoms with Crippen LogP contribution in [-0.2, 0) is 16.0 Å². The van der Waals surface area contributed by atoms with E-state index in [1.54, 1.807) is 44.8 Å². The number of aromatic nitrogens is 4. The van der Waals surface area contributed by atoms with Crippen molar-refractivity contribution in [2.75, 3.05) is 38.4 Å². The van der Waals surface area contributed by atoms with Crippen molar-refractivity contribution in [2.24, 2.45) is 0 Å². The van der Waals surface area contributed by atoms with E-state index in [2.05, 4.69) is 22.2 Å². The summed E-state index contributed by atoms with van der Waals surface area (Å²) < 4.78 is 12.7. The molecule has 1 aliphatic rings. The molecule has 1 saturated heterocycles. The van der Waals surface area contributed by atoms with Crippen LogP contribution in [0.3, 0.4) is 0 Å². The lowest BCUT2D eigenvalue weighted by Crippen LogP contribution is -2.38. The van der Waals surface area contributed by atoms with Crippen molar-refractivity contribution in [3.8, 4) is 17.0 Å². The first-order valence-electron chi connectivity index (χ1n) is 14.6. The molecule has 11 nitrogen and oxygen atoms in total. The summed E-state index contributed by atoms with van der Waals surface area (Å²) in [6, 6.07) is 9.18. The zero-order valence-corrected chi connectivity index (χ0v) is 24.9. The van der Waals surface area contributed by atoms with E-state index in [0.29, 0.717) is 47.3 Å². The molecule has 2 atom stereocenters. The number of rotatable bonds is 11. The number of imidazole rings is 1. The van der Waals surface area contributed by atoms with Crippen molar-refractivity contribution >= 4 is 23.1 Å². The Balaban J connectivity index is 1.50. The molecule has 1 aliphatic heterocycles. The van der Waals surface area contributed by atoms with Crippen LogP contribution in [0.5, 0.6) is 5.75 Å². The third kappa shape index (κ3) is 6.47. The maximum absolute atomic E-state index is 13.2. The van der Waals surface area contributed by atoms with Gasteiger partial charge < -0.3 is 30.5 Å². The number of benzene rings is 1. The number of aliphatic hydroxyl groups excluding tert-OH is 1. The van der Waals surface area contributed by atoms with E-state index in [-0.39, 0.29) is 11.9 Å². The van der Waals surface area contributed by atoms with Crippen LogP contribution < -0.4 is 15.8 Å². The van der Waals surface area contributed by atoms with Crippen LogP contribution >= 0.6 is 0 Å². The largest absolute Gasteiger partial charge is 0.496 e. The Morgan fingerprint density at radius 3 is 2.86 bits per heavy atom. The van der Waals surface area contributed by atoms with Crippen LogP contribution in [0, 0.1) is 0 Å². The number of likely N-dealkylation sites (tertiary alicyclic amines) is 1. The average Bonchev–Trinajstić information content (AvgIpc) is 3.42. The summed E-state index contributed by atoms with van der Waals surface area (Å²) in [5.74, 6) is 2.02. The Hall–Kier alpha value is -4.48. The molecule has 0 radical (unpaired) electrons. The Morgan fingerprint density at radius 1 is 1.21 bits per heavy atom. The Labute approximate surface area is 251 Å². The second-order valence-corrected chi connectivity index (χ2v) is 10.6. The molecular weight excluding hydrogens is 546 g/mol. The molecule has 0 saturated carbocycles. The molecule has 1 amide bonds. The van der Waals surface area contributed by atoms with Gasteiger partial charge in [-0.1, -0.05) is 31.6 Å². The quantitative estimate of drug-likeness (QED) is 0.169.